The predicted molar refractivity (Wildman–Crippen MR) is 97.8 cm³/mol. The van der Waals surface area contributed by atoms with E-state index in [1.54, 1.807) is 18.2 Å². The van der Waals surface area contributed by atoms with Crippen LogP contribution in [0.4, 0.5) is 4.39 Å². The van der Waals surface area contributed by atoms with Gasteiger partial charge in [0.2, 0.25) is 0 Å². The van der Waals surface area contributed by atoms with E-state index >= 15 is 0 Å². The molecule has 0 amide bonds. The number of rotatable bonds is 4. The molecule has 0 saturated heterocycles. The molecule has 0 aliphatic rings. The van der Waals surface area contributed by atoms with Gasteiger partial charge in [0.25, 0.3) is 0 Å². The molecule has 3 rings (SSSR count). The van der Waals surface area contributed by atoms with E-state index in [-0.39, 0.29) is 16.4 Å². The quantitative estimate of drug-likeness (QED) is 0.445. The molecule has 2 aromatic carbocycles. The van der Waals surface area contributed by atoms with Crippen molar-refractivity contribution in [2.75, 3.05) is 0 Å². The molecule has 0 fully saturated rings. The lowest BCUT2D eigenvalue weighted by atomic mass is 10.1. The lowest BCUT2D eigenvalue weighted by Gasteiger charge is -2.05. The van der Waals surface area contributed by atoms with Crippen molar-refractivity contribution in [2.24, 2.45) is 5.73 Å². The Morgan fingerprint density at radius 3 is 2.58 bits per heavy atom. The highest BCUT2D eigenvalue weighted by Crippen LogP contribution is 2.24. The molecular formula is C19H14FN3S. The minimum atomic E-state index is -0.255. The van der Waals surface area contributed by atoms with Crippen LogP contribution in [-0.4, -0.2) is 9.56 Å². The second-order valence-electron chi connectivity index (χ2n) is 5.39. The van der Waals surface area contributed by atoms with Crippen LogP contribution in [-0.2, 0) is 6.54 Å². The summed E-state index contributed by atoms with van der Waals surface area (Å²) in [6, 6.07) is 16.3. The Morgan fingerprint density at radius 2 is 1.92 bits per heavy atom. The fourth-order valence-corrected chi connectivity index (χ4v) is 2.73. The summed E-state index contributed by atoms with van der Waals surface area (Å²) in [5.41, 5.74) is 8.74. The number of hydrogen-bond donors (Lipinski definition) is 1. The topological polar surface area (TPSA) is 54.7 Å². The first-order valence-corrected chi connectivity index (χ1v) is 7.73. The van der Waals surface area contributed by atoms with Crippen LogP contribution in [0, 0.1) is 17.1 Å². The van der Waals surface area contributed by atoms with E-state index in [1.165, 1.54) is 12.1 Å². The number of nitriles is 1. The Balaban J connectivity index is 2.08. The minimum absolute atomic E-state index is 0.0767. The average molecular weight is 335 g/mol. The van der Waals surface area contributed by atoms with E-state index in [0.29, 0.717) is 6.54 Å². The van der Waals surface area contributed by atoms with Crippen LogP contribution >= 0.6 is 12.2 Å². The number of hydrogen-bond acceptors (Lipinski definition) is 2. The smallest absolute Gasteiger partial charge is 0.123 e. The third kappa shape index (κ3) is 3.19. The van der Waals surface area contributed by atoms with Gasteiger partial charge in [-0.05, 0) is 29.8 Å². The van der Waals surface area contributed by atoms with Gasteiger partial charge < -0.3 is 10.3 Å². The molecule has 24 heavy (non-hydrogen) atoms. The molecule has 0 aliphatic heterocycles. The average Bonchev–Trinajstić information content (AvgIpc) is 2.92. The molecule has 5 heteroatoms. The molecule has 1 heterocycles. The molecule has 3 aromatic rings. The standard InChI is InChI=1S/C19H14FN3S/c20-16-7-5-13(6-8-16)11-23-12-15(9-14(10-21)19(22)24)17-3-1-2-4-18(17)23/h1-9,12H,11H2,(H2,22,24)/b14-9-. The van der Waals surface area contributed by atoms with E-state index in [9.17, 15) is 4.39 Å². The lowest BCUT2D eigenvalue weighted by molar-refractivity contribution is 0.626. The van der Waals surface area contributed by atoms with Crippen molar-refractivity contribution >= 4 is 34.2 Å². The van der Waals surface area contributed by atoms with E-state index in [1.807, 2.05) is 36.5 Å². The van der Waals surface area contributed by atoms with Crippen molar-refractivity contribution in [3.63, 3.8) is 0 Å². The number of benzene rings is 2. The summed E-state index contributed by atoms with van der Waals surface area (Å²) in [5, 5.41) is 10.2. The zero-order chi connectivity index (χ0) is 17.1. The second-order valence-corrected chi connectivity index (χ2v) is 5.83. The van der Waals surface area contributed by atoms with Crippen molar-refractivity contribution in [3.8, 4) is 6.07 Å². The largest absolute Gasteiger partial charge is 0.389 e. The first kappa shape index (κ1) is 15.9. The molecule has 1 aromatic heterocycles. The molecule has 3 nitrogen and oxygen atoms in total. The van der Waals surface area contributed by atoms with Gasteiger partial charge in [-0.1, -0.05) is 42.5 Å². The Hall–Kier alpha value is -2.97. The molecule has 118 valence electrons. The van der Waals surface area contributed by atoms with Crippen LogP contribution in [0.1, 0.15) is 11.1 Å². The molecular weight excluding hydrogens is 321 g/mol. The van der Waals surface area contributed by atoms with Crippen LogP contribution in [0.15, 0.2) is 60.3 Å². The van der Waals surface area contributed by atoms with Crippen LogP contribution in [0.25, 0.3) is 17.0 Å². The minimum Gasteiger partial charge on any atom is -0.389 e. The van der Waals surface area contributed by atoms with Crippen molar-refractivity contribution in [1.82, 2.24) is 4.57 Å². The fourth-order valence-electron chi connectivity index (χ4n) is 2.62. The van der Waals surface area contributed by atoms with E-state index in [0.717, 1.165) is 22.0 Å². The number of thiocarbonyl (C=S) groups is 1. The Morgan fingerprint density at radius 1 is 1.21 bits per heavy atom. The zero-order valence-electron chi connectivity index (χ0n) is 12.7. The molecule has 2 N–H and O–H groups in total. The highest BCUT2D eigenvalue weighted by molar-refractivity contribution is 7.80. The van der Waals surface area contributed by atoms with Crippen molar-refractivity contribution in [3.05, 3.63) is 77.2 Å². The molecule has 0 atom stereocenters. The Kier molecular flexibility index (Phi) is 4.41. The number of aromatic nitrogens is 1. The monoisotopic (exact) mass is 335 g/mol. The number of fused-ring (bicyclic) bond motifs is 1. The third-order valence-electron chi connectivity index (χ3n) is 3.77. The molecule has 0 spiro atoms. The van der Waals surface area contributed by atoms with Crippen molar-refractivity contribution < 1.29 is 4.39 Å². The van der Waals surface area contributed by atoms with Gasteiger partial charge in [0, 0.05) is 29.2 Å². The van der Waals surface area contributed by atoms with Crippen LogP contribution in [0.5, 0.6) is 0 Å². The number of nitrogens with two attached hydrogens (primary N) is 1. The molecule has 0 unspecified atom stereocenters. The van der Waals surface area contributed by atoms with Gasteiger partial charge in [-0.25, -0.2) is 4.39 Å². The molecule has 0 saturated carbocycles. The van der Waals surface area contributed by atoms with Crippen LogP contribution < -0.4 is 5.73 Å². The van der Waals surface area contributed by atoms with Gasteiger partial charge in [-0.2, -0.15) is 5.26 Å². The molecule has 0 radical (unpaired) electrons. The summed E-state index contributed by atoms with van der Waals surface area (Å²) in [7, 11) is 0. The Bertz CT molecular complexity index is 978. The van der Waals surface area contributed by atoms with Gasteiger partial charge in [-0.15, -0.1) is 0 Å². The second kappa shape index (κ2) is 6.65. The highest BCUT2D eigenvalue weighted by Gasteiger charge is 2.09. The number of para-hydroxylation sites is 1. The summed E-state index contributed by atoms with van der Waals surface area (Å²) < 4.78 is 15.1. The van der Waals surface area contributed by atoms with Crippen LogP contribution in [0.2, 0.25) is 0 Å². The maximum absolute atomic E-state index is 13.1. The normalized spacial score (nSPS) is 11.4. The van der Waals surface area contributed by atoms with E-state index < -0.39 is 0 Å². The zero-order valence-corrected chi connectivity index (χ0v) is 13.6. The maximum atomic E-state index is 13.1. The summed E-state index contributed by atoms with van der Waals surface area (Å²) in [6.45, 7) is 0.601. The van der Waals surface area contributed by atoms with Crippen molar-refractivity contribution in [2.45, 2.75) is 6.54 Å². The predicted octanol–water partition coefficient (Wildman–Crippen LogP) is 4.02. The Labute approximate surface area is 144 Å². The van der Waals surface area contributed by atoms with E-state index in [2.05, 4.69) is 4.57 Å². The summed E-state index contributed by atoms with van der Waals surface area (Å²) in [4.78, 5) is 0.0767. The molecule has 0 aliphatic carbocycles. The number of nitrogens with zero attached hydrogens (tertiary/aromatic N) is 2. The molecule has 0 bridgehead atoms. The van der Waals surface area contributed by atoms with Gasteiger partial charge in [-0.3, -0.25) is 0 Å². The lowest BCUT2D eigenvalue weighted by Crippen LogP contribution is -2.09. The van der Waals surface area contributed by atoms with E-state index in [4.69, 9.17) is 23.2 Å². The van der Waals surface area contributed by atoms with Gasteiger partial charge in [0.15, 0.2) is 0 Å². The van der Waals surface area contributed by atoms with Gasteiger partial charge in [0.05, 0.1) is 5.57 Å². The summed E-state index contributed by atoms with van der Waals surface area (Å²) >= 11 is 4.91. The SMILES string of the molecule is N#C/C(=C/c1cn(Cc2ccc(F)cc2)c2ccccc12)C(N)=S. The summed E-state index contributed by atoms with van der Waals surface area (Å²) in [6.07, 6.45) is 3.65. The maximum Gasteiger partial charge on any atom is 0.123 e. The number of halogens is 1. The van der Waals surface area contributed by atoms with Crippen molar-refractivity contribution in [1.29, 1.82) is 5.26 Å². The summed E-state index contributed by atoms with van der Waals surface area (Å²) in [5.74, 6) is -0.255. The third-order valence-corrected chi connectivity index (χ3v) is 3.99. The fraction of sp³-hybridized carbons (Fsp3) is 0.0526. The first-order chi connectivity index (χ1) is 11.6. The van der Waals surface area contributed by atoms with Crippen LogP contribution in [0.3, 0.4) is 0 Å². The highest BCUT2D eigenvalue weighted by atomic mass is 32.1. The van der Waals surface area contributed by atoms with Gasteiger partial charge >= 0.3 is 0 Å². The van der Waals surface area contributed by atoms with Gasteiger partial charge in [0.1, 0.15) is 16.9 Å². The first-order valence-electron chi connectivity index (χ1n) is 7.32.